The lowest BCUT2D eigenvalue weighted by Crippen LogP contribution is -2.52. The average Bonchev–Trinajstić information content (AvgIpc) is 3.38. The molecule has 0 radical (unpaired) electrons. The molecule has 32 heavy (non-hydrogen) atoms. The number of nitrogens with one attached hydrogen (secondary N) is 1. The van der Waals surface area contributed by atoms with E-state index in [1.54, 1.807) is 10.9 Å². The molecule has 1 aromatic carbocycles. The summed E-state index contributed by atoms with van der Waals surface area (Å²) in [6.45, 7) is 8.56. The molecule has 7 heteroatoms. The van der Waals surface area contributed by atoms with E-state index in [2.05, 4.69) is 68.5 Å². The SMILES string of the molecule is CCNC(=NCc1ccnc(-n2cccn2)c1)N1CCN(C/C=C/c2ccccc2)CC1. The second-order valence-corrected chi connectivity index (χ2v) is 7.74. The van der Waals surface area contributed by atoms with E-state index in [0.717, 1.165) is 56.6 Å². The van der Waals surface area contributed by atoms with Gasteiger partial charge in [0.25, 0.3) is 0 Å². The van der Waals surface area contributed by atoms with Crippen molar-refractivity contribution >= 4 is 12.0 Å². The maximum Gasteiger partial charge on any atom is 0.194 e. The highest BCUT2D eigenvalue weighted by molar-refractivity contribution is 5.80. The highest BCUT2D eigenvalue weighted by Crippen LogP contribution is 2.09. The fourth-order valence-corrected chi connectivity index (χ4v) is 3.72. The van der Waals surface area contributed by atoms with Gasteiger partial charge in [-0.05, 0) is 36.2 Å². The summed E-state index contributed by atoms with van der Waals surface area (Å²) in [6, 6.07) is 16.4. The van der Waals surface area contributed by atoms with E-state index in [0.29, 0.717) is 6.54 Å². The molecule has 0 bridgehead atoms. The van der Waals surface area contributed by atoms with Gasteiger partial charge in [-0.3, -0.25) is 4.90 Å². The average molecular weight is 430 g/mol. The van der Waals surface area contributed by atoms with Crippen LogP contribution in [0.4, 0.5) is 0 Å². The monoisotopic (exact) mass is 429 g/mol. The van der Waals surface area contributed by atoms with Crippen LogP contribution >= 0.6 is 0 Å². The van der Waals surface area contributed by atoms with E-state index in [9.17, 15) is 0 Å². The van der Waals surface area contributed by atoms with Gasteiger partial charge in [-0.2, -0.15) is 5.10 Å². The van der Waals surface area contributed by atoms with Gasteiger partial charge in [-0.1, -0.05) is 42.5 Å². The molecule has 0 atom stereocenters. The first-order valence-corrected chi connectivity index (χ1v) is 11.2. The number of piperazine rings is 1. The number of aromatic nitrogens is 3. The van der Waals surface area contributed by atoms with Gasteiger partial charge in [0.15, 0.2) is 11.8 Å². The lowest BCUT2D eigenvalue weighted by molar-refractivity contribution is 0.194. The fraction of sp³-hybridized carbons (Fsp3) is 0.320. The number of aliphatic imine (C=N–C) groups is 1. The predicted molar refractivity (Wildman–Crippen MR) is 130 cm³/mol. The maximum atomic E-state index is 4.90. The van der Waals surface area contributed by atoms with Gasteiger partial charge in [-0.25, -0.2) is 14.7 Å². The van der Waals surface area contributed by atoms with Crippen molar-refractivity contribution in [2.45, 2.75) is 13.5 Å². The summed E-state index contributed by atoms with van der Waals surface area (Å²) in [5, 5.41) is 7.71. The Hall–Kier alpha value is -3.45. The van der Waals surface area contributed by atoms with Crippen molar-refractivity contribution in [1.82, 2.24) is 29.9 Å². The second-order valence-electron chi connectivity index (χ2n) is 7.74. The number of guanidine groups is 1. The first kappa shape index (κ1) is 21.8. The van der Waals surface area contributed by atoms with Gasteiger partial charge in [-0.15, -0.1) is 0 Å². The Morgan fingerprint density at radius 1 is 1.06 bits per heavy atom. The molecule has 7 nitrogen and oxygen atoms in total. The van der Waals surface area contributed by atoms with E-state index in [1.165, 1.54) is 5.56 Å². The van der Waals surface area contributed by atoms with Crippen LogP contribution in [0.3, 0.4) is 0 Å². The summed E-state index contributed by atoms with van der Waals surface area (Å²) in [4.78, 5) is 14.1. The second kappa shape index (κ2) is 11.2. The standard InChI is InChI=1S/C25H31N7/c1-2-26-25(28-21-23-11-13-27-24(20-23)32-15-7-12-29-32)31-18-16-30(17-19-31)14-6-10-22-8-4-3-5-9-22/h3-13,15,20H,2,14,16-19,21H2,1H3,(H,26,28)/b10-6+. The molecule has 0 spiro atoms. The maximum absolute atomic E-state index is 4.90. The molecule has 0 unspecified atom stereocenters. The van der Waals surface area contributed by atoms with Crippen molar-refractivity contribution in [3.8, 4) is 5.82 Å². The number of hydrogen-bond donors (Lipinski definition) is 1. The Labute approximate surface area is 190 Å². The van der Waals surface area contributed by atoms with Crippen LogP contribution in [0.15, 0.2) is 78.2 Å². The topological polar surface area (TPSA) is 61.6 Å². The lowest BCUT2D eigenvalue weighted by Gasteiger charge is -2.36. The Balaban J connectivity index is 1.32. The van der Waals surface area contributed by atoms with Crippen molar-refractivity contribution in [3.05, 3.63) is 84.3 Å². The molecule has 1 fully saturated rings. The zero-order valence-electron chi connectivity index (χ0n) is 18.6. The van der Waals surface area contributed by atoms with Gasteiger partial charge in [0.2, 0.25) is 0 Å². The van der Waals surface area contributed by atoms with Crippen molar-refractivity contribution in [3.63, 3.8) is 0 Å². The molecule has 0 saturated carbocycles. The van der Waals surface area contributed by atoms with Gasteiger partial charge in [0.1, 0.15) is 0 Å². The third-order valence-electron chi connectivity index (χ3n) is 5.44. The normalized spacial score (nSPS) is 15.4. The van der Waals surface area contributed by atoms with Crippen molar-refractivity contribution < 1.29 is 0 Å². The quantitative estimate of drug-likeness (QED) is 0.462. The van der Waals surface area contributed by atoms with Crippen LogP contribution in [0.25, 0.3) is 11.9 Å². The van der Waals surface area contributed by atoms with Crippen LogP contribution in [0.5, 0.6) is 0 Å². The minimum absolute atomic E-state index is 0.610. The molecule has 1 aliphatic heterocycles. The molecule has 0 amide bonds. The van der Waals surface area contributed by atoms with Crippen LogP contribution < -0.4 is 5.32 Å². The van der Waals surface area contributed by atoms with Crippen LogP contribution in [0.1, 0.15) is 18.1 Å². The third kappa shape index (κ3) is 6.04. The van der Waals surface area contributed by atoms with Crippen LogP contribution in [-0.4, -0.2) is 69.8 Å². The summed E-state index contributed by atoms with van der Waals surface area (Å²) >= 11 is 0. The first-order valence-electron chi connectivity index (χ1n) is 11.2. The largest absolute Gasteiger partial charge is 0.357 e. The molecular formula is C25H31N7. The van der Waals surface area contributed by atoms with Gasteiger partial charge >= 0.3 is 0 Å². The minimum Gasteiger partial charge on any atom is -0.357 e. The highest BCUT2D eigenvalue weighted by atomic mass is 15.3. The van der Waals surface area contributed by atoms with Crippen molar-refractivity contribution in [2.24, 2.45) is 4.99 Å². The summed E-state index contributed by atoms with van der Waals surface area (Å²) in [5.74, 6) is 1.79. The summed E-state index contributed by atoms with van der Waals surface area (Å²) in [6.07, 6.45) is 9.92. The molecule has 2 aromatic heterocycles. The van der Waals surface area contributed by atoms with Gasteiger partial charge < -0.3 is 10.2 Å². The van der Waals surface area contributed by atoms with E-state index < -0.39 is 0 Å². The Kier molecular flexibility index (Phi) is 7.65. The summed E-state index contributed by atoms with van der Waals surface area (Å²) in [7, 11) is 0. The van der Waals surface area contributed by atoms with Gasteiger partial charge in [0, 0.05) is 57.9 Å². The van der Waals surface area contributed by atoms with E-state index in [-0.39, 0.29) is 0 Å². The van der Waals surface area contributed by atoms with E-state index in [1.807, 2.05) is 36.7 Å². The summed E-state index contributed by atoms with van der Waals surface area (Å²) < 4.78 is 1.77. The lowest BCUT2D eigenvalue weighted by atomic mass is 10.2. The molecule has 0 aliphatic carbocycles. The molecule has 1 saturated heterocycles. The van der Waals surface area contributed by atoms with E-state index >= 15 is 0 Å². The molecule has 1 aliphatic rings. The fourth-order valence-electron chi connectivity index (χ4n) is 3.72. The number of benzene rings is 1. The number of nitrogens with zero attached hydrogens (tertiary/aromatic N) is 6. The smallest absolute Gasteiger partial charge is 0.194 e. The number of rotatable bonds is 7. The van der Waals surface area contributed by atoms with Crippen LogP contribution in [0, 0.1) is 0 Å². The van der Waals surface area contributed by atoms with Gasteiger partial charge in [0.05, 0.1) is 6.54 Å². The Morgan fingerprint density at radius 2 is 1.91 bits per heavy atom. The Morgan fingerprint density at radius 3 is 2.66 bits per heavy atom. The van der Waals surface area contributed by atoms with Crippen molar-refractivity contribution in [1.29, 1.82) is 0 Å². The summed E-state index contributed by atoms with van der Waals surface area (Å²) in [5.41, 5.74) is 2.37. The van der Waals surface area contributed by atoms with Crippen molar-refractivity contribution in [2.75, 3.05) is 39.3 Å². The molecule has 3 aromatic rings. The molecule has 4 rings (SSSR count). The zero-order chi connectivity index (χ0) is 22.0. The molecule has 1 N–H and O–H groups in total. The van der Waals surface area contributed by atoms with Crippen LogP contribution in [0.2, 0.25) is 0 Å². The zero-order valence-corrected chi connectivity index (χ0v) is 18.6. The predicted octanol–water partition coefficient (Wildman–Crippen LogP) is 3.06. The first-order chi connectivity index (χ1) is 15.8. The third-order valence-corrected chi connectivity index (χ3v) is 5.44. The molecular weight excluding hydrogens is 398 g/mol. The minimum atomic E-state index is 0.610. The Bertz CT molecular complexity index is 1000. The van der Waals surface area contributed by atoms with E-state index in [4.69, 9.17) is 4.99 Å². The highest BCUT2D eigenvalue weighted by Gasteiger charge is 2.18. The van der Waals surface area contributed by atoms with Crippen LogP contribution in [-0.2, 0) is 6.54 Å². The molecule has 166 valence electrons. The molecule has 3 heterocycles. The number of hydrogen-bond acceptors (Lipinski definition) is 4. The number of pyridine rings is 1.